The SMILES string of the molecule is CCc1nnc(C)cc1C(=O)NCC1(C)CCNCC1.Cl. The van der Waals surface area contributed by atoms with Gasteiger partial charge in [-0.15, -0.1) is 12.4 Å². The minimum absolute atomic E-state index is 0. The smallest absolute Gasteiger partial charge is 0.253 e. The molecule has 1 aromatic heterocycles. The van der Waals surface area contributed by atoms with Gasteiger partial charge in [0.05, 0.1) is 17.0 Å². The van der Waals surface area contributed by atoms with Crippen LogP contribution in [0.25, 0.3) is 0 Å². The number of halogens is 1. The van der Waals surface area contributed by atoms with Gasteiger partial charge in [-0.05, 0) is 50.8 Å². The standard InChI is InChI=1S/C15H24N4O.ClH/c1-4-13-12(9-11(2)18-19-13)14(20)17-10-15(3)5-7-16-8-6-15;/h9,16H,4-8,10H2,1-3H3,(H,17,20);1H. The molecule has 1 aliphatic rings. The van der Waals surface area contributed by atoms with Crippen molar-refractivity contribution in [2.24, 2.45) is 5.41 Å². The highest BCUT2D eigenvalue weighted by molar-refractivity contribution is 5.95. The van der Waals surface area contributed by atoms with Crippen LogP contribution in [-0.2, 0) is 6.42 Å². The number of amides is 1. The van der Waals surface area contributed by atoms with E-state index in [1.165, 1.54) is 0 Å². The largest absolute Gasteiger partial charge is 0.351 e. The van der Waals surface area contributed by atoms with Gasteiger partial charge in [0.25, 0.3) is 5.91 Å². The highest BCUT2D eigenvalue weighted by atomic mass is 35.5. The van der Waals surface area contributed by atoms with E-state index in [-0.39, 0.29) is 23.7 Å². The van der Waals surface area contributed by atoms with Crippen molar-refractivity contribution in [3.63, 3.8) is 0 Å². The van der Waals surface area contributed by atoms with Crippen LogP contribution in [0.2, 0.25) is 0 Å². The second-order valence-electron chi connectivity index (χ2n) is 5.94. The van der Waals surface area contributed by atoms with Gasteiger partial charge < -0.3 is 10.6 Å². The second kappa shape index (κ2) is 7.71. The van der Waals surface area contributed by atoms with Crippen LogP contribution in [0.15, 0.2) is 6.07 Å². The molecule has 1 aromatic rings. The lowest BCUT2D eigenvalue weighted by Gasteiger charge is -2.34. The summed E-state index contributed by atoms with van der Waals surface area (Å²) in [7, 11) is 0. The summed E-state index contributed by atoms with van der Waals surface area (Å²) in [6.07, 6.45) is 2.92. The van der Waals surface area contributed by atoms with Crippen molar-refractivity contribution < 1.29 is 4.79 Å². The van der Waals surface area contributed by atoms with Crippen molar-refractivity contribution in [1.82, 2.24) is 20.8 Å². The molecule has 1 fully saturated rings. The topological polar surface area (TPSA) is 66.9 Å². The summed E-state index contributed by atoms with van der Waals surface area (Å²) in [6.45, 7) is 8.87. The van der Waals surface area contributed by atoms with E-state index in [0.29, 0.717) is 5.56 Å². The average molecular weight is 313 g/mol. The molecule has 0 spiro atoms. The molecule has 1 aliphatic heterocycles. The predicted molar refractivity (Wildman–Crippen MR) is 85.9 cm³/mol. The first-order valence-corrected chi connectivity index (χ1v) is 7.36. The van der Waals surface area contributed by atoms with Crippen molar-refractivity contribution in [3.8, 4) is 0 Å². The van der Waals surface area contributed by atoms with E-state index in [1.54, 1.807) is 0 Å². The van der Waals surface area contributed by atoms with Gasteiger partial charge in [0.1, 0.15) is 0 Å². The molecule has 0 unspecified atom stereocenters. The zero-order valence-corrected chi connectivity index (χ0v) is 13.8. The molecule has 0 bridgehead atoms. The maximum absolute atomic E-state index is 12.4. The fourth-order valence-electron chi connectivity index (χ4n) is 2.57. The van der Waals surface area contributed by atoms with Gasteiger partial charge in [0, 0.05) is 6.54 Å². The summed E-state index contributed by atoms with van der Waals surface area (Å²) in [6, 6.07) is 1.83. The van der Waals surface area contributed by atoms with Crippen LogP contribution in [0.3, 0.4) is 0 Å². The molecule has 0 aliphatic carbocycles. The van der Waals surface area contributed by atoms with Gasteiger partial charge in [-0.1, -0.05) is 13.8 Å². The van der Waals surface area contributed by atoms with Crippen LogP contribution < -0.4 is 10.6 Å². The molecular weight excluding hydrogens is 288 g/mol. The van der Waals surface area contributed by atoms with Crippen molar-refractivity contribution >= 4 is 18.3 Å². The summed E-state index contributed by atoms with van der Waals surface area (Å²) in [5, 5.41) is 14.6. The zero-order valence-electron chi connectivity index (χ0n) is 13.0. The number of nitrogens with zero attached hydrogens (tertiary/aromatic N) is 2. The van der Waals surface area contributed by atoms with Gasteiger partial charge >= 0.3 is 0 Å². The van der Waals surface area contributed by atoms with Gasteiger partial charge in [-0.25, -0.2) is 0 Å². The van der Waals surface area contributed by atoms with E-state index in [9.17, 15) is 4.79 Å². The van der Waals surface area contributed by atoms with Crippen molar-refractivity contribution in [1.29, 1.82) is 0 Å². The van der Waals surface area contributed by atoms with E-state index in [4.69, 9.17) is 0 Å². The lowest BCUT2D eigenvalue weighted by atomic mass is 9.81. The number of carbonyl (C=O) groups is 1. The molecule has 0 atom stereocenters. The Morgan fingerprint density at radius 1 is 1.38 bits per heavy atom. The summed E-state index contributed by atoms with van der Waals surface area (Å²) in [5.74, 6) is -0.0281. The van der Waals surface area contributed by atoms with Crippen LogP contribution in [0.5, 0.6) is 0 Å². The second-order valence-corrected chi connectivity index (χ2v) is 5.94. The fraction of sp³-hybridized carbons (Fsp3) is 0.667. The Hall–Kier alpha value is -1.20. The third-order valence-electron chi connectivity index (χ3n) is 4.06. The Morgan fingerprint density at radius 2 is 2.05 bits per heavy atom. The van der Waals surface area contributed by atoms with Crippen LogP contribution in [0.1, 0.15) is 48.4 Å². The van der Waals surface area contributed by atoms with E-state index >= 15 is 0 Å². The molecule has 2 heterocycles. The maximum atomic E-state index is 12.4. The lowest BCUT2D eigenvalue weighted by Crippen LogP contribution is -2.43. The number of rotatable bonds is 4. The molecule has 5 nitrogen and oxygen atoms in total. The van der Waals surface area contributed by atoms with Crippen molar-refractivity contribution in [2.45, 2.75) is 40.0 Å². The summed E-state index contributed by atoms with van der Waals surface area (Å²) < 4.78 is 0. The third-order valence-corrected chi connectivity index (χ3v) is 4.06. The number of piperidine rings is 1. The first-order chi connectivity index (χ1) is 9.54. The maximum Gasteiger partial charge on any atom is 0.253 e. The monoisotopic (exact) mass is 312 g/mol. The van der Waals surface area contributed by atoms with Crippen LogP contribution in [-0.4, -0.2) is 35.7 Å². The molecule has 2 N–H and O–H groups in total. The molecule has 0 radical (unpaired) electrons. The molecule has 21 heavy (non-hydrogen) atoms. The normalized spacial score (nSPS) is 16.9. The molecule has 6 heteroatoms. The first-order valence-electron chi connectivity index (χ1n) is 7.36. The molecule has 1 saturated heterocycles. The molecule has 1 amide bonds. The number of hydrogen-bond acceptors (Lipinski definition) is 4. The Morgan fingerprint density at radius 3 is 2.67 bits per heavy atom. The predicted octanol–water partition coefficient (Wildman–Crippen LogP) is 1.89. The number of nitrogens with one attached hydrogen (secondary N) is 2. The van der Waals surface area contributed by atoms with Crippen LogP contribution >= 0.6 is 12.4 Å². The fourth-order valence-corrected chi connectivity index (χ4v) is 2.57. The average Bonchev–Trinajstić information content (AvgIpc) is 2.45. The first kappa shape index (κ1) is 17.9. The molecule has 0 aromatic carbocycles. The van der Waals surface area contributed by atoms with E-state index in [1.807, 2.05) is 19.9 Å². The molecule has 118 valence electrons. The highest BCUT2D eigenvalue weighted by Gasteiger charge is 2.27. The van der Waals surface area contributed by atoms with Crippen LogP contribution in [0, 0.1) is 12.3 Å². The van der Waals surface area contributed by atoms with Crippen molar-refractivity contribution in [2.75, 3.05) is 19.6 Å². The van der Waals surface area contributed by atoms with E-state index < -0.39 is 0 Å². The number of aromatic nitrogens is 2. The Bertz CT molecular complexity index is 487. The number of hydrogen-bond donors (Lipinski definition) is 2. The van der Waals surface area contributed by atoms with Crippen molar-refractivity contribution in [3.05, 3.63) is 23.0 Å². The molecular formula is C15H25ClN4O. The quantitative estimate of drug-likeness (QED) is 0.891. The summed E-state index contributed by atoms with van der Waals surface area (Å²) in [5.41, 5.74) is 2.41. The summed E-state index contributed by atoms with van der Waals surface area (Å²) in [4.78, 5) is 12.4. The minimum Gasteiger partial charge on any atom is -0.351 e. The van der Waals surface area contributed by atoms with Gasteiger partial charge in [0.2, 0.25) is 0 Å². The van der Waals surface area contributed by atoms with Gasteiger partial charge in [-0.3, -0.25) is 4.79 Å². The Balaban J connectivity index is 0.00000220. The van der Waals surface area contributed by atoms with E-state index in [0.717, 1.165) is 50.3 Å². The van der Waals surface area contributed by atoms with Gasteiger partial charge in [0.15, 0.2) is 0 Å². The zero-order chi connectivity index (χ0) is 14.6. The van der Waals surface area contributed by atoms with Gasteiger partial charge in [-0.2, -0.15) is 10.2 Å². The van der Waals surface area contributed by atoms with Crippen LogP contribution in [0.4, 0.5) is 0 Å². The highest BCUT2D eigenvalue weighted by Crippen LogP contribution is 2.26. The minimum atomic E-state index is -0.0281. The molecule has 2 rings (SSSR count). The number of aryl methyl sites for hydroxylation is 2. The molecule has 0 saturated carbocycles. The Kier molecular flexibility index (Phi) is 6.55. The third kappa shape index (κ3) is 4.64. The summed E-state index contributed by atoms with van der Waals surface area (Å²) >= 11 is 0. The van der Waals surface area contributed by atoms with E-state index in [2.05, 4.69) is 27.8 Å². The Labute approximate surface area is 132 Å². The lowest BCUT2D eigenvalue weighted by molar-refractivity contribution is 0.0920. The number of carbonyl (C=O) groups excluding carboxylic acids is 1.